The Kier molecular flexibility index (Phi) is 6.04. The third-order valence-electron chi connectivity index (χ3n) is 3.50. The minimum absolute atomic E-state index is 0.356. The van der Waals surface area contributed by atoms with Gasteiger partial charge in [-0.05, 0) is 36.8 Å². The molecule has 0 aliphatic heterocycles. The molecule has 7 heteroatoms. The highest BCUT2D eigenvalue weighted by Gasteiger charge is 2.09. The van der Waals surface area contributed by atoms with Gasteiger partial charge in [0.15, 0.2) is 0 Å². The van der Waals surface area contributed by atoms with Crippen molar-refractivity contribution in [1.29, 1.82) is 0 Å². The van der Waals surface area contributed by atoms with Gasteiger partial charge in [0.05, 0.1) is 0 Å². The van der Waals surface area contributed by atoms with E-state index in [1.165, 1.54) is 0 Å². The van der Waals surface area contributed by atoms with Crippen LogP contribution >= 0.6 is 23.1 Å². The lowest BCUT2D eigenvalue weighted by Gasteiger charge is -2.08. The summed E-state index contributed by atoms with van der Waals surface area (Å²) in [5, 5.41) is 2.03. The molecule has 0 radical (unpaired) electrons. The van der Waals surface area contributed by atoms with E-state index in [4.69, 9.17) is 0 Å². The number of aromatic nitrogens is 1. The zero-order chi connectivity index (χ0) is 18.4. The maximum absolute atomic E-state index is 12.1. The summed E-state index contributed by atoms with van der Waals surface area (Å²) < 4.78 is 1.04. The minimum atomic E-state index is -0.357. The molecule has 26 heavy (non-hydrogen) atoms. The average Bonchev–Trinajstić information content (AvgIpc) is 3.10. The summed E-state index contributed by atoms with van der Waals surface area (Å²) in [5.74, 6) is 0.0781. The molecule has 3 rings (SSSR count). The van der Waals surface area contributed by atoms with Gasteiger partial charge in [0.25, 0.3) is 11.8 Å². The second-order valence-electron chi connectivity index (χ2n) is 5.51. The van der Waals surface area contributed by atoms with Gasteiger partial charge in [-0.3, -0.25) is 20.4 Å². The van der Waals surface area contributed by atoms with Crippen LogP contribution in [-0.2, 0) is 5.75 Å². The highest BCUT2D eigenvalue weighted by Crippen LogP contribution is 2.26. The van der Waals surface area contributed by atoms with Crippen molar-refractivity contribution in [2.45, 2.75) is 17.0 Å². The molecule has 5 nitrogen and oxygen atoms in total. The van der Waals surface area contributed by atoms with Gasteiger partial charge in [0.2, 0.25) is 0 Å². The van der Waals surface area contributed by atoms with Crippen molar-refractivity contribution in [2.24, 2.45) is 0 Å². The lowest BCUT2D eigenvalue weighted by Crippen LogP contribution is -2.41. The van der Waals surface area contributed by atoms with Crippen molar-refractivity contribution in [1.82, 2.24) is 15.8 Å². The molecule has 2 aromatic carbocycles. The van der Waals surface area contributed by atoms with E-state index >= 15 is 0 Å². The highest BCUT2D eigenvalue weighted by molar-refractivity contribution is 8.00. The second kappa shape index (κ2) is 8.64. The van der Waals surface area contributed by atoms with E-state index in [0.717, 1.165) is 21.3 Å². The molecule has 0 saturated heterocycles. The number of aryl methyl sites for hydroxylation is 1. The van der Waals surface area contributed by atoms with Crippen LogP contribution in [-0.4, -0.2) is 16.8 Å². The molecule has 0 spiro atoms. The summed E-state index contributed by atoms with van der Waals surface area (Å²) in [7, 11) is 0. The predicted octanol–water partition coefficient (Wildman–Crippen LogP) is 3.82. The van der Waals surface area contributed by atoms with Crippen molar-refractivity contribution in [2.75, 3.05) is 0 Å². The fourth-order valence-corrected chi connectivity index (χ4v) is 3.95. The van der Waals surface area contributed by atoms with Crippen LogP contribution in [0.5, 0.6) is 0 Å². The number of rotatable bonds is 5. The van der Waals surface area contributed by atoms with Gasteiger partial charge in [0, 0.05) is 28.0 Å². The van der Waals surface area contributed by atoms with Gasteiger partial charge in [0.1, 0.15) is 4.34 Å². The molecule has 0 fully saturated rings. The normalized spacial score (nSPS) is 10.3. The lowest BCUT2D eigenvalue weighted by atomic mass is 10.1. The van der Waals surface area contributed by atoms with Crippen LogP contribution in [0.1, 0.15) is 32.0 Å². The number of benzene rings is 2. The molecular weight excluding hydrogens is 366 g/mol. The third-order valence-corrected chi connectivity index (χ3v) is 5.71. The van der Waals surface area contributed by atoms with E-state index in [9.17, 15) is 9.59 Å². The predicted molar refractivity (Wildman–Crippen MR) is 104 cm³/mol. The number of amides is 2. The number of carbonyl (C=O) groups is 2. The Morgan fingerprint density at radius 1 is 0.962 bits per heavy atom. The first-order valence-corrected chi connectivity index (χ1v) is 9.78. The molecule has 3 aromatic rings. The lowest BCUT2D eigenvalue weighted by molar-refractivity contribution is 0.0846. The number of hydrogen-bond acceptors (Lipinski definition) is 5. The smallest absolute Gasteiger partial charge is 0.267 e. The van der Waals surface area contributed by atoms with Crippen molar-refractivity contribution in [3.05, 3.63) is 82.4 Å². The molecule has 132 valence electrons. The van der Waals surface area contributed by atoms with Gasteiger partial charge in [-0.1, -0.05) is 42.1 Å². The first-order chi connectivity index (χ1) is 12.6. The number of nitrogens with one attached hydrogen (secondary N) is 2. The molecule has 0 saturated carbocycles. The summed E-state index contributed by atoms with van der Waals surface area (Å²) in [6.07, 6.45) is 0. The molecular formula is C19H17N3O2S2. The van der Waals surface area contributed by atoms with E-state index in [1.54, 1.807) is 59.5 Å². The van der Waals surface area contributed by atoms with Crippen LogP contribution in [0.4, 0.5) is 0 Å². The van der Waals surface area contributed by atoms with Crippen LogP contribution in [0.3, 0.4) is 0 Å². The average molecular weight is 383 g/mol. The molecule has 1 heterocycles. The van der Waals surface area contributed by atoms with Crippen LogP contribution in [0.15, 0.2) is 64.3 Å². The van der Waals surface area contributed by atoms with Crippen molar-refractivity contribution in [3.63, 3.8) is 0 Å². The fraction of sp³-hybridized carbons (Fsp3) is 0.105. The van der Waals surface area contributed by atoms with Crippen LogP contribution in [0.25, 0.3) is 0 Å². The molecule has 0 bridgehead atoms. The Labute approximate surface area is 159 Å². The van der Waals surface area contributed by atoms with Crippen LogP contribution in [0.2, 0.25) is 0 Å². The molecule has 0 aliphatic carbocycles. The van der Waals surface area contributed by atoms with Gasteiger partial charge in [-0.15, -0.1) is 11.3 Å². The van der Waals surface area contributed by atoms with Crippen LogP contribution in [0, 0.1) is 6.92 Å². The number of thiazole rings is 1. The summed E-state index contributed by atoms with van der Waals surface area (Å²) in [5.41, 5.74) is 7.94. The summed E-state index contributed by atoms with van der Waals surface area (Å²) in [4.78, 5) is 28.5. The quantitative estimate of drug-likeness (QED) is 0.519. The minimum Gasteiger partial charge on any atom is -0.267 e. The van der Waals surface area contributed by atoms with Crippen molar-refractivity contribution >= 4 is 34.9 Å². The standard InChI is InChI=1S/C19H17N3O2S2/c1-13-11-25-19(20-13)26-12-14-7-9-16(10-8-14)18(24)22-21-17(23)15-5-3-2-4-6-15/h2-11H,12H2,1H3,(H,21,23)(H,22,24). The zero-order valence-corrected chi connectivity index (χ0v) is 15.7. The number of hydrazine groups is 1. The monoisotopic (exact) mass is 383 g/mol. The van der Waals surface area contributed by atoms with Gasteiger partial charge >= 0.3 is 0 Å². The first-order valence-electron chi connectivity index (χ1n) is 7.91. The number of nitrogens with zero attached hydrogens (tertiary/aromatic N) is 1. The van der Waals surface area contributed by atoms with E-state index < -0.39 is 0 Å². The summed E-state index contributed by atoms with van der Waals surface area (Å²) in [6, 6.07) is 16.0. The largest absolute Gasteiger partial charge is 0.269 e. The zero-order valence-electron chi connectivity index (χ0n) is 14.1. The summed E-state index contributed by atoms with van der Waals surface area (Å²) in [6.45, 7) is 1.98. The Morgan fingerprint density at radius 2 is 1.58 bits per heavy atom. The van der Waals surface area contributed by atoms with E-state index in [0.29, 0.717) is 11.1 Å². The van der Waals surface area contributed by atoms with Gasteiger partial charge < -0.3 is 0 Å². The topological polar surface area (TPSA) is 71.1 Å². The van der Waals surface area contributed by atoms with E-state index in [-0.39, 0.29) is 11.8 Å². The van der Waals surface area contributed by atoms with Crippen molar-refractivity contribution in [3.8, 4) is 0 Å². The number of hydrogen-bond donors (Lipinski definition) is 2. The second-order valence-corrected chi connectivity index (χ2v) is 7.60. The Hall–Kier alpha value is -2.64. The molecule has 0 unspecified atom stereocenters. The first kappa shape index (κ1) is 18.2. The van der Waals surface area contributed by atoms with Crippen LogP contribution < -0.4 is 10.9 Å². The summed E-state index contributed by atoms with van der Waals surface area (Å²) >= 11 is 3.30. The third kappa shape index (κ3) is 4.93. The number of thioether (sulfide) groups is 1. The fourth-order valence-electron chi connectivity index (χ4n) is 2.14. The molecule has 1 aromatic heterocycles. The SMILES string of the molecule is Cc1csc(SCc2ccc(C(=O)NNC(=O)c3ccccc3)cc2)n1. The Bertz CT molecular complexity index is 893. The highest BCUT2D eigenvalue weighted by atomic mass is 32.2. The Balaban J connectivity index is 1.51. The van der Waals surface area contributed by atoms with Gasteiger partial charge in [-0.2, -0.15) is 0 Å². The van der Waals surface area contributed by atoms with Crippen molar-refractivity contribution < 1.29 is 9.59 Å². The number of carbonyl (C=O) groups excluding carboxylic acids is 2. The van der Waals surface area contributed by atoms with E-state index in [1.807, 2.05) is 30.5 Å². The van der Waals surface area contributed by atoms with Gasteiger partial charge in [-0.25, -0.2) is 4.98 Å². The molecule has 2 amide bonds. The maximum atomic E-state index is 12.1. The Morgan fingerprint density at radius 3 is 2.15 bits per heavy atom. The maximum Gasteiger partial charge on any atom is 0.269 e. The molecule has 2 N–H and O–H groups in total. The van der Waals surface area contributed by atoms with E-state index in [2.05, 4.69) is 15.8 Å². The molecule has 0 aliphatic rings. The molecule has 0 atom stereocenters.